The Morgan fingerprint density at radius 3 is 2.68 bits per heavy atom. The predicted molar refractivity (Wildman–Crippen MR) is 82.9 cm³/mol. The van der Waals surface area contributed by atoms with Crippen LogP contribution in [0.25, 0.3) is 0 Å². The first kappa shape index (κ1) is 15.8. The highest BCUT2D eigenvalue weighted by molar-refractivity contribution is 5.84. The summed E-state index contributed by atoms with van der Waals surface area (Å²) in [6.45, 7) is 5.74. The largest absolute Gasteiger partial charge is 0.444 e. The molecule has 118 valence electrons. The summed E-state index contributed by atoms with van der Waals surface area (Å²) in [4.78, 5) is 23.5. The van der Waals surface area contributed by atoms with Gasteiger partial charge in [0.25, 0.3) is 0 Å². The standard InChI is InChI=1S/C15H20N4O3/c1-15(2,3)22-13(20)17-12-7-5-6-11(8-12)9-19-14(21)18(4)10-16-19/h5-8,10H,9H2,1-4H3,(H,17,20). The van der Waals surface area contributed by atoms with E-state index in [1.54, 1.807) is 46.0 Å². The highest BCUT2D eigenvalue weighted by Crippen LogP contribution is 2.14. The molecule has 1 N–H and O–H groups in total. The molecule has 22 heavy (non-hydrogen) atoms. The van der Waals surface area contributed by atoms with Crippen LogP contribution in [0.15, 0.2) is 35.4 Å². The van der Waals surface area contributed by atoms with E-state index in [9.17, 15) is 9.59 Å². The smallest absolute Gasteiger partial charge is 0.412 e. The third-order valence-corrected chi connectivity index (χ3v) is 2.79. The number of benzene rings is 1. The lowest BCUT2D eigenvalue weighted by Gasteiger charge is -2.19. The number of hydrogen-bond donors (Lipinski definition) is 1. The van der Waals surface area contributed by atoms with Crippen molar-refractivity contribution >= 4 is 11.8 Å². The number of aromatic nitrogens is 3. The summed E-state index contributed by atoms with van der Waals surface area (Å²) in [5, 5.41) is 6.68. The van der Waals surface area contributed by atoms with E-state index >= 15 is 0 Å². The number of amides is 1. The maximum atomic E-state index is 11.8. The first-order valence-corrected chi connectivity index (χ1v) is 6.92. The molecule has 7 nitrogen and oxygen atoms in total. The Morgan fingerprint density at radius 1 is 1.36 bits per heavy atom. The first-order valence-electron chi connectivity index (χ1n) is 6.92. The summed E-state index contributed by atoms with van der Waals surface area (Å²) >= 11 is 0. The molecular formula is C15H20N4O3. The molecular weight excluding hydrogens is 284 g/mol. The summed E-state index contributed by atoms with van der Waals surface area (Å²) in [5.74, 6) is 0. The Balaban J connectivity index is 2.09. The number of anilines is 1. The van der Waals surface area contributed by atoms with Gasteiger partial charge in [0.1, 0.15) is 11.9 Å². The van der Waals surface area contributed by atoms with E-state index in [-0.39, 0.29) is 5.69 Å². The van der Waals surface area contributed by atoms with Crippen molar-refractivity contribution in [3.63, 3.8) is 0 Å². The monoisotopic (exact) mass is 304 g/mol. The molecule has 1 aromatic heterocycles. The fourth-order valence-corrected chi connectivity index (χ4v) is 1.87. The molecule has 2 rings (SSSR count). The van der Waals surface area contributed by atoms with Crippen LogP contribution in [0.3, 0.4) is 0 Å². The predicted octanol–water partition coefficient (Wildman–Crippen LogP) is 1.98. The van der Waals surface area contributed by atoms with Crippen molar-refractivity contribution in [1.29, 1.82) is 0 Å². The molecule has 0 fully saturated rings. The molecule has 0 radical (unpaired) electrons. The zero-order valence-electron chi connectivity index (χ0n) is 13.2. The van der Waals surface area contributed by atoms with Gasteiger partial charge >= 0.3 is 11.8 Å². The number of rotatable bonds is 3. The number of carbonyl (C=O) groups excluding carboxylic acids is 1. The van der Waals surface area contributed by atoms with E-state index in [1.165, 1.54) is 15.6 Å². The second kappa shape index (κ2) is 6.05. The maximum absolute atomic E-state index is 11.8. The van der Waals surface area contributed by atoms with Crippen molar-refractivity contribution < 1.29 is 9.53 Å². The van der Waals surface area contributed by atoms with Crippen LogP contribution >= 0.6 is 0 Å². The first-order chi connectivity index (χ1) is 10.2. The van der Waals surface area contributed by atoms with Crippen LogP contribution in [0.1, 0.15) is 26.3 Å². The van der Waals surface area contributed by atoms with Crippen LogP contribution in [0, 0.1) is 0 Å². The lowest BCUT2D eigenvalue weighted by Crippen LogP contribution is -2.27. The van der Waals surface area contributed by atoms with E-state index in [0.29, 0.717) is 12.2 Å². The van der Waals surface area contributed by atoms with Crippen molar-refractivity contribution in [3.8, 4) is 0 Å². The maximum Gasteiger partial charge on any atom is 0.412 e. The van der Waals surface area contributed by atoms with Crippen LogP contribution in [-0.4, -0.2) is 26.0 Å². The molecule has 0 spiro atoms. The highest BCUT2D eigenvalue weighted by atomic mass is 16.6. The van der Waals surface area contributed by atoms with Gasteiger partial charge in [0.05, 0.1) is 6.54 Å². The molecule has 0 aliphatic rings. The number of hydrogen-bond acceptors (Lipinski definition) is 4. The Morgan fingerprint density at radius 2 is 2.09 bits per heavy atom. The highest BCUT2D eigenvalue weighted by Gasteiger charge is 2.16. The van der Waals surface area contributed by atoms with Crippen LogP contribution in [0.2, 0.25) is 0 Å². The molecule has 1 heterocycles. The van der Waals surface area contributed by atoms with Crippen LogP contribution in [0.4, 0.5) is 10.5 Å². The molecule has 7 heteroatoms. The molecule has 0 aliphatic heterocycles. The minimum absolute atomic E-state index is 0.189. The molecule has 0 aliphatic carbocycles. The molecule has 1 amide bonds. The van der Waals surface area contributed by atoms with Gasteiger partial charge in [-0.15, -0.1) is 0 Å². The minimum atomic E-state index is -0.553. The molecule has 0 saturated heterocycles. The Kier molecular flexibility index (Phi) is 4.35. The number of aryl methyl sites for hydroxylation is 1. The zero-order valence-corrected chi connectivity index (χ0v) is 13.2. The van der Waals surface area contributed by atoms with Gasteiger partial charge in [0.2, 0.25) is 0 Å². The van der Waals surface area contributed by atoms with Gasteiger partial charge in [-0.05, 0) is 38.5 Å². The van der Waals surface area contributed by atoms with Crippen molar-refractivity contribution in [2.45, 2.75) is 32.9 Å². The van der Waals surface area contributed by atoms with Crippen molar-refractivity contribution in [2.24, 2.45) is 7.05 Å². The van der Waals surface area contributed by atoms with Gasteiger partial charge in [0.15, 0.2) is 0 Å². The number of nitrogens with one attached hydrogen (secondary N) is 1. The zero-order chi connectivity index (χ0) is 16.3. The average molecular weight is 304 g/mol. The summed E-state index contributed by atoms with van der Waals surface area (Å²) < 4.78 is 7.96. The average Bonchev–Trinajstić information content (AvgIpc) is 2.69. The van der Waals surface area contributed by atoms with Crippen molar-refractivity contribution in [1.82, 2.24) is 14.3 Å². The van der Waals surface area contributed by atoms with Crippen LogP contribution in [-0.2, 0) is 18.3 Å². The fourth-order valence-electron chi connectivity index (χ4n) is 1.87. The topological polar surface area (TPSA) is 78.2 Å². The summed E-state index contributed by atoms with van der Waals surface area (Å²) in [6.07, 6.45) is 0.949. The van der Waals surface area contributed by atoms with Gasteiger partial charge in [-0.1, -0.05) is 12.1 Å². The third-order valence-electron chi connectivity index (χ3n) is 2.79. The van der Waals surface area contributed by atoms with Crippen molar-refractivity contribution in [3.05, 3.63) is 46.6 Å². The fraction of sp³-hybridized carbons (Fsp3) is 0.400. The molecule has 0 atom stereocenters. The Bertz CT molecular complexity index is 725. The quantitative estimate of drug-likeness (QED) is 0.940. The van der Waals surface area contributed by atoms with Gasteiger partial charge in [-0.25, -0.2) is 14.3 Å². The second-order valence-corrected chi connectivity index (χ2v) is 6.01. The SMILES string of the molecule is Cn1cnn(Cc2cccc(NC(=O)OC(C)(C)C)c2)c1=O. The molecule has 1 aromatic carbocycles. The van der Waals surface area contributed by atoms with Gasteiger partial charge in [-0.3, -0.25) is 9.88 Å². The van der Waals surface area contributed by atoms with E-state index < -0.39 is 11.7 Å². The number of ether oxygens (including phenoxy) is 1. The summed E-state index contributed by atoms with van der Waals surface area (Å²) in [7, 11) is 1.65. The second-order valence-electron chi connectivity index (χ2n) is 6.01. The van der Waals surface area contributed by atoms with Gasteiger partial charge in [0, 0.05) is 12.7 Å². The van der Waals surface area contributed by atoms with E-state index in [4.69, 9.17) is 4.74 Å². The third kappa shape index (κ3) is 4.21. The Labute approximate surface area is 128 Å². The van der Waals surface area contributed by atoms with Crippen molar-refractivity contribution in [2.75, 3.05) is 5.32 Å². The van der Waals surface area contributed by atoms with E-state index in [0.717, 1.165) is 5.56 Å². The Hall–Kier alpha value is -2.57. The minimum Gasteiger partial charge on any atom is -0.444 e. The normalized spacial score (nSPS) is 11.3. The molecule has 0 unspecified atom stereocenters. The van der Waals surface area contributed by atoms with Crippen LogP contribution in [0.5, 0.6) is 0 Å². The van der Waals surface area contributed by atoms with E-state index in [2.05, 4.69) is 10.4 Å². The summed E-state index contributed by atoms with van der Waals surface area (Å²) in [6, 6.07) is 7.21. The van der Waals surface area contributed by atoms with E-state index in [1.807, 2.05) is 6.07 Å². The van der Waals surface area contributed by atoms with Gasteiger partial charge < -0.3 is 4.74 Å². The lowest BCUT2D eigenvalue weighted by molar-refractivity contribution is 0.0636. The van der Waals surface area contributed by atoms with Crippen LogP contribution < -0.4 is 11.0 Å². The lowest BCUT2D eigenvalue weighted by atomic mass is 10.2. The number of nitrogens with zero attached hydrogens (tertiary/aromatic N) is 3. The molecule has 0 saturated carbocycles. The summed E-state index contributed by atoms with van der Waals surface area (Å²) in [5.41, 5.74) is 0.721. The molecule has 0 bridgehead atoms. The molecule has 2 aromatic rings. The van der Waals surface area contributed by atoms with Gasteiger partial charge in [-0.2, -0.15) is 5.10 Å². The number of carbonyl (C=O) groups is 1.